The van der Waals surface area contributed by atoms with Gasteiger partial charge in [-0.15, -0.1) is 0 Å². The van der Waals surface area contributed by atoms with Crippen LogP contribution < -0.4 is 10.6 Å². The van der Waals surface area contributed by atoms with Crippen LogP contribution in [0.4, 0.5) is 4.39 Å². The Balaban J connectivity index is 2.51. The van der Waals surface area contributed by atoms with Gasteiger partial charge in [0.05, 0.1) is 12.6 Å². The number of hydrogen-bond acceptors (Lipinski definition) is 2. The first kappa shape index (κ1) is 15.6. The van der Waals surface area contributed by atoms with E-state index in [1.54, 1.807) is 13.0 Å². The molecule has 2 atom stereocenters. The summed E-state index contributed by atoms with van der Waals surface area (Å²) in [5, 5.41) is 5.98. The summed E-state index contributed by atoms with van der Waals surface area (Å²) < 4.78 is 13.5. The van der Waals surface area contributed by atoms with Gasteiger partial charge in [-0.3, -0.25) is 4.79 Å². The second-order valence-electron chi connectivity index (χ2n) is 4.99. The number of carbonyl (C=O) groups excluding carboxylic acids is 1. The monoisotopic (exact) mass is 266 g/mol. The number of carbonyl (C=O) groups is 1. The summed E-state index contributed by atoms with van der Waals surface area (Å²) in [5.74, 6) is -0.315. The van der Waals surface area contributed by atoms with Crippen molar-refractivity contribution in [3.8, 4) is 0 Å². The number of aryl methyl sites for hydroxylation is 1. The Hall–Kier alpha value is -1.42. The first-order chi connectivity index (χ1) is 8.93. The standard InChI is InChI=1S/C15H23FN2O/c1-5-11(3)17-9-15(19)18-12(4)13-7-6-10(2)14(16)8-13/h6-8,11-12,17H,5,9H2,1-4H3,(H,18,19). The van der Waals surface area contributed by atoms with E-state index in [0.717, 1.165) is 12.0 Å². The highest BCUT2D eigenvalue weighted by Gasteiger charge is 2.11. The molecule has 0 heterocycles. The van der Waals surface area contributed by atoms with Gasteiger partial charge in [-0.2, -0.15) is 0 Å². The van der Waals surface area contributed by atoms with E-state index in [4.69, 9.17) is 0 Å². The molecule has 0 saturated heterocycles. The van der Waals surface area contributed by atoms with Gasteiger partial charge < -0.3 is 10.6 Å². The van der Waals surface area contributed by atoms with Crippen LogP contribution in [0.2, 0.25) is 0 Å². The van der Waals surface area contributed by atoms with Crippen molar-refractivity contribution in [3.63, 3.8) is 0 Å². The average molecular weight is 266 g/mol. The van der Waals surface area contributed by atoms with E-state index < -0.39 is 0 Å². The minimum absolute atomic E-state index is 0.0752. The first-order valence-electron chi connectivity index (χ1n) is 6.72. The van der Waals surface area contributed by atoms with Crippen LogP contribution in [0.15, 0.2) is 18.2 Å². The molecule has 106 valence electrons. The zero-order chi connectivity index (χ0) is 14.4. The molecule has 19 heavy (non-hydrogen) atoms. The summed E-state index contributed by atoms with van der Waals surface area (Å²) in [7, 11) is 0. The van der Waals surface area contributed by atoms with Crippen molar-refractivity contribution in [2.24, 2.45) is 0 Å². The van der Waals surface area contributed by atoms with Crippen LogP contribution in [-0.2, 0) is 4.79 Å². The van der Waals surface area contributed by atoms with Crippen LogP contribution in [0, 0.1) is 12.7 Å². The van der Waals surface area contributed by atoms with E-state index in [2.05, 4.69) is 17.6 Å². The van der Waals surface area contributed by atoms with Gasteiger partial charge in [0, 0.05) is 6.04 Å². The molecule has 0 spiro atoms. The van der Waals surface area contributed by atoms with Gasteiger partial charge in [-0.05, 0) is 44.4 Å². The largest absolute Gasteiger partial charge is 0.348 e. The van der Waals surface area contributed by atoms with Gasteiger partial charge in [0.2, 0.25) is 5.91 Å². The third kappa shape index (κ3) is 4.99. The lowest BCUT2D eigenvalue weighted by Crippen LogP contribution is -2.38. The van der Waals surface area contributed by atoms with Crippen LogP contribution in [-0.4, -0.2) is 18.5 Å². The highest BCUT2D eigenvalue weighted by atomic mass is 19.1. The lowest BCUT2D eigenvalue weighted by Gasteiger charge is -2.16. The van der Waals surface area contributed by atoms with Crippen LogP contribution >= 0.6 is 0 Å². The van der Waals surface area contributed by atoms with E-state index in [1.165, 1.54) is 6.07 Å². The fraction of sp³-hybridized carbons (Fsp3) is 0.533. The maximum atomic E-state index is 13.5. The summed E-state index contributed by atoms with van der Waals surface area (Å²) in [6, 6.07) is 5.16. The topological polar surface area (TPSA) is 41.1 Å². The molecule has 0 fully saturated rings. The predicted molar refractivity (Wildman–Crippen MR) is 75.5 cm³/mol. The molecular weight excluding hydrogens is 243 g/mol. The van der Waals surface area contributed by atoms with Gasteiger partial charge in [-0.1, -0.05) is 19.1 Å². The number of nitrogens with one attached hydrogen (secondary N) is 2. The van der Waals surface area contributed by atoms with Crippen molar-refractivity contribution in [1.82, 2.24) is 10.6 Å². The SMILES string of the molecule is CCC(C)NCC(=O)NC(C)c1ccc(C)c(F)c1. The molecule has 0 aliphatic rings. The van der Waals surface area contributed by atoms with E-state index in [9.17, 15) is 9.18 Å². The Morgan fingerprint density at radius 2 is 2.05 bits per heavy atom. The molecule has 0 aliphatic carbocycles. The number of benzene rings is 1. The van der Waals surface area contributed by atoms with E-state index in [0.29, 0.717) is 11.6 Å². The molecule has 1 aromatic rings. The molecule has 2 N–H and O–H groups in total. The van der Waals surface area contributed by atoms with Crippen molar-refractivity contribution in [2.45, 2.75) is 46.2 Å². The highest BCUT2D eigenvalue weighted by molar-refractivity contribution is 5.78. The van der Waals surface area contributed by atoms with Crippen LogP contribution in [0.25, 0.3) is 0 Å². The molecule has 0 aliphatic heterocycles. The lowest BCUT2D eigenvalue weighted by atomic mass is 10.1. The lowest BCUT2D eigenvalue weighted by molar-refractivity contribution is -0.121. The van der Waals surface area contributed by atoms with E-state index >= 15 is 0 Å². The number of hydrogen-bond donors (Lipinski definition) is 2. The Bertz CT molecular complexity index is 434. The molecule has 0 aromatic heterocycles. The molecule has 4 heteroatoms. The summed E-state index contributed by atoms with van der Waals surface area (Å²) in [5.41, 5.74) is 1.39. The van der Waals surface area contributed by atoms with Crippen LogP contribution in [0.3, 0.4) is 0 Å². The molecule has 3 nitrogen and oxygen atoms in total. The summed E-state index contributed by atoms with van der Waals surface area (Å²) in [4.78, 5) is 11.7. The fourth-order valence-corrected chi connectivity index (χ4v) is 1.67. The van der Waals surface area contributed by atoms with Crippen LogP contribution in [0.1, 0.15) is 44.4 Å². The zero-order valence-electron chi connectivity index (χ0n) is 12.1. The van der Waals surface area contributed by atoms with Crippen molar-refractivity contribution in [2.75, 3.05) is 6.54 Å². The summed E-state index contributed by atoms with van der Waals surface area (Å²) >= 11 is 0. The Labute approximate surface area is 114 Å². The minimum Gasteiger partial charge on any atom is -0.348 e. The van der Waals surface area contributed by atoms with Crippen LogP contribution in [0.5, 0.6) is 0 Å². The van der Waals surface area contributed by atoms with Crippen molar-refractivity contribution in [1.29, 1.82) is 0 Å². The van der Waals surface area contributed by atoms with Crippen molar-refractivity contribution >= 4 is 5.91 Å². The molecule has 0 bridgehead atoms. The maximum absolute atomic E-state index is 13.5. The molecule has 0 saturated carbocycles. The predicted octanol–water partition coefficient (Wildman–Crippen LogP) is 2.70. The van der Waals surface area contributed by atoms with Gasteiger partial charge in [0.1, 0.15) is 5.82 Å². The fourth-order valence-electron chi connectivity index (χ4n) is 1.67. The maximum Gasteiger partial charge on any atom is 0.234 e. The van der Waals surface area contributed by atoms with Crippen molar-refractivity contribution < 1.29 is 9.18 Å². The van der Waals surface area contributed by atoms with Gasteiger partial charge in [0.15, 0.2) is 0 Å². The molecule has 1 aromatic carbocycles. The smallest absolute Gasteiger partial charge is 0.234 e. The Kier molecular flexibility index (Phi) is 5.96. The molecule has 2 unspecified atom stereocenters. The Morgan fingerprint density at radius 3 is 2.63 bits per heavy atom. The Morgan fingerprint density at radius 1 is 1.37 bits per heavy atom. The molecule has 1 amide bonds. The minimum atomic E-state index is -0.240. The number of amides is 1. The average Bonchev–Trinajstić information content (AvgIpc) is 2.38. The molecule has 0 radical (unpaired) electrons. The summed E-state index contributed by atoms with van der Waals surface area (Å²) in [6.07, 6.45) is 0.978. The molecular formula is C15H23FN2O. The van der Waals surface area contributed by atoms with E-state index in [1.807, 2.05) is 19.9 Å². The number of rotatable bonds is 6. The van der Waals surface area contributed by atoms with E-state index in [-0.39, 0.29) is 24.3 Å². The second kappa shape index (κ2) is 7.24. The third-order valence-corrected chi connectivity index (χ3v) is 3.30. The quantitative estimate of drug-likeness (QED) is 0.831. The van der Waals surface area contributed by atoms with Gasteiger partial charge in [-0.25, -0.2) is 4.39 Å². The first-order valence-corrected chi connectivity index (χ1v) is 6.72. The molecule has 1 rings (SSSR count). The zero-order valence-corrected chi connectivity index (χ0v) is 12.1. The second-order valence-corrected chi connectivity index (χ2v) is 4.99. The van der Waals surface area contributed by atoms with Gasteiger partial charge in [0.25, 0.3) is 0 Å². The number of halogens is 1. The third-order valence-electron chi connectivity index (χ3n) is 3.30. The highest BCUT2D eigenvalue weighted by Crippen LogP contribution is 2.16. The normalized spacial score (nSPS) is 13.9. The van der Waals surface area contributed by atoms with Crippen molar-refractivity contribution in [3.05, 3.63) is 35.1 Å². The van der Waals surface area contributed by atoms with Gasteiger partial charge >= 0.3 is 0 Å². The summed E-state index contributed by atoms with van der Waals surface area (Å²) in [6.45, 7) is 7.96.